The lowest BCUT2D eigenvalue weighted by molar-refractivity contribution is 0.592. The van der Waals surface area contributed by atoms with E-state index in [-0.39, 0.29) is 15.3 Å². The fourth-order valence-corrected chi connectivity index (χ4v) is 8.05. The molecule has 0 fully saturated rings. The topological polar surface area (TPSA) is 68.1 Å². The number of hydrogen-bond acceptors (Lipinski definition) is 5. The van der Waals surface area contributed by atoms with Crippen LogP contribution in [-0.2, 0) is 15.3 Å². The molecule has 0 amide bonds. The minimum atomic E-state index is -3.75. The zero-order chi connectivity index (χ0) is 30.9. The van der Waals surface area contributed by atoms with E-state index in [2.05, 4.69) is 95.0 Å². The van der Waals surface area contributed by atoms with Crippen molar-refractivity contribution in [3.8, 4) is 5.69 Å². The van der Waals surface area contributed by atoms with Crippen LogP contribution in [0.15, 0.2) is 137 Å². The smallest absolute Gasteiger partial charge is 0.223 e. The van der Waals surface area contributed by atoms with E-state index in [1.807, 2.05) is 31.3 Å². The minimum Gasteiger partial charge on any atom is -0.308 e. The molecule has 1 aliphatic heterocycles. The molecule has 4 aromatic carbocycles. The van der Waals surface area contributed by atoms with Gasteiger partial charge in [-0.3, -0.25) is 4.57 Å². The van der Waals surface area contributed by atoms with Crippen molar-refractivity contribution in [2.24, 2.45) is 0 Å². The number of sulfone groups is 1. The molecule has 1 aliphatic rings. The molecule has 8 rings (SSSR count). The van der Waals surface area contributed by atoms with Crippen LogP contribution in [0, 0.1) is 6.92 Å². The second-order valence-electron chi connectivity index (χ2n) is 12.0. The van der Waals surface area contributed by atoms with Crippen molar-refractivity contribution >= 4 is 48.8 Å². The lowest BCUT2D eigenvalue weighted by atomic mass is 9.73. The van der Waals surface area contributed by atoms with Gasteiger partial charge in [0.25, 0.3) is 0 Å². The highest BCUT2D eigenvalue weighted by Crippen LogP contribution is 2.53. The number of anilines is 3. The Labute approximate surface area is 262 Å². The van der Waals surface area contributed by atoms with Crippen molar-refractivity contribution in [1.29, 1.82) is 0 Å². The summed E-state index contributed by atoms with van der Waals surface area (Å²) in [4.78, 5) is 11.9. The highest BCUT2D eigenvalue weighted by atomic mass is 32.2. The molecule has 7 heteroatoms. The van der Waals surface area contributed by atoms with Gasteiger partial charge in [-0.2, -0.15) is 0 Å². The molecule has 7 aromatic rings. The second kappa shape index (κ2) is 9.87. The van der Waals surface area contributed by atoms with Crippen LogP contribution >= 0.6 is 0 Å². The largest absolute Gasteiger partial charge is 0.308 e. The van der Waals surface area contributed by atoms with Gasteiger partial charge in [-0.25, -0.2) is 18.4 Å². The molecule has 0 bridgehead atoms. The van der Waals surface area contributed by atoms with Crippen LogP contribution in [0.3, 0.4) is 0 Å². The Hall–Kier alpha value is -5.27. The highest BCUT2D eigenvalue weighted by molar-refractivity contribution is 7.91. The number of pyridine rings is 2. The van der Waals surface area contributed by atoms with Gasteiger partial charge in [0.1, 0.15) is 5.65 Å². The Morgan fingerprint density at radius 1 is 0.667 bits per heavy atom. The van der Waals surface area contributed by atoms with E-state index >= 15 is 0 Å². The summed E-state index contributed by atoms with van der Waals surface area (Å²) >= 11 is 0. The average Bonchev–Trinajstić information content (AvgIpc) is 3.40. The SMILES string of the molecule is Cc1nc(S(=O)(=O)c2ccccc2)ccc1N1c2ccccc2C(C)(C)c2cc(-n3c4ccccc4c4cccnc43)ccc21. The van der Waals surface area contributed by atoms with E-state index in [9.17, 15) is 8.42 Å². The first-order chi connectivity index (χ1) is 21.8. The zero-order valence-electron chi connectivity index (χ0n) is 25.1. The second-order valence-corrected chi connectivity index (χ2v) is 13.9. The molecule has 0 aliphatic carbocycles. The molecule has 0 N–H and O–H groups in total. The molecule has 3 aromatic heterocycles. The summed E-state index contributed by atoms with van der Waals surface area (Å²) in [6.45, 7) is 6.40. The van der Waals surface area contributed by atoms with Gasteiger partial charge >= 0.3 is 0 Å². The summed E-state index contributed by atoms with van der Waals surface area (Å²) in [6.07, 6.45) is 1.84. The fraction of sp³-hybridized carbons (Fsp3) is 0.105. The molecule has 6 nitrogen and oxygen atoms in total. The zero-order valence-corrected chi connectivity index (χ0v) is 26.0. The maximum Gasteiger partial charge on any atom is 0.223 e. The molecule has 0 radical (unpaired) electrons. The average molecular weight is 607 g/mol. The summed E-state index contributed by atoms with van der Waals surface area (Å²) < 4.78 is 29.1. The lowest BCUT2D eigenvalue weighted by Crippen LogP contribution is -2.31. The third-order valence-corrected chi connectivity index (χ3v) is 10.7. The Morgan fingerprint density at radius 2 is 1.36 bits per heavy atom. The molecular weight excluding hydrogens is 577 g/mol. The Bertz CT molecular complexity index is 2340. The monoisotopic (exact) mass is 606 g/mol. The number of rotatable bonds is 4. The van der Waals surface area contributed by atoms with Gasteiger partial charge in [0.2, 0.25) is 9.84 Å². The van der Waals surface area contributed by atoms with Gasteiger partial charge < -0.3 is 4.90 Å². The maximum absolute atomic E-state index is 13.4. The van der Waals surface area contributed by atoms with E-state index in [1.165, 1.54) is 5.56 Å². The first-order valence-electron chi connectivity index (χ1n) is 14.9. The molecular formula is C38H30N4O2S. The standard InChI is InChI=1S/C38H30N4O2S/c1-25-32(21-22-36(40-25)45(43,44)27-12-5-4-6-13-27)42-34-18-10-8-16-30(34)38(2,3)31-24-26(19-20-35(31)42)41-33-17-9-7-14-28(33)29-15-11-23-39-37(29)41/h4-24H,1-3H3. The van der Waals surface area contributed by atoms with Gasteiger partial charge in [0, 0.05) is 28.1 Å². The summed E-state index contributed by atoms with van der Waals surface area (Å²) in [7, 11) is -3.75. The normalized spacial score (nSPS) is 14.0. The van der Waals surface area contributed by atoms with Crippen LogP contribution in [0.2, 0.25) is 0 Å². The predicted molar refractivity (Wildman–Crippen MR) is 180 cm³/mol. The Kier molecular flexibility index (Phi) is 5.99. The third-order valence-electron chi connectivity index (χ3n) is 9.01. The number of aromatic nitrogens is 3. The van der Waals surface area contributed by atoms with Crippen LogP contribution in [0.4, 0.5) is 17.1 Å². The summed E-state index contributed by atoms with van der Waals surface area (Å²) in [5.41, 5.74) is 8.60. The van der Waals surface area contributed by atoms with Crippen molar-refractivity contribution in [3.63, 3.8) is 0 Å². The maximum atomic E-state index is 13.4. The molecule has 4 heterocycles. The Balaban J connectivity index is 1.33. The predicted octanol–water partition coefficient (Wildman–Crippen LogP) is 8.82. The molecule has 220 valence electrons. The van der Waals surface area contributed by atoms with Gasteiger partial charge in [-0.05, 0) is 84.8 Å². The molecule has 0 spiro atoms. The lowest BCUT2D eigenvalue weighted by Gasteiger charge is -2.42. The van der Waals surface area contributed by atoms with Gasteiger partial charge in [0.15, 0.2) is 5.03 Å². The first-order valence-corrected chi connectivity index (χ1v) is 16.4. The van der Waals surface area contributed by atoms with E-state index in [1.54, 1.807) is 36.4 Å². The fourth-order valence-electron chi connectivity index (χ4n) is 6.78. The third kappa shape index (κ3) is 4.04. The quantitative estimate of drug-likeness (QED) is 0.200. The minimum absolute atomic E-state index is 0.0370. The molecule has 0 atom stereocenters. The van der Waals surface area contributed by atoms with Crippen LogP contribution in [0.1, 0.15) is 30.7 Å². The van der Waals surface area contributed by atoms with Crippen LogP contribution in [-0.4, -0.2) is 23.0 Å². The molecule has 0 unspecified atom stereocenters. The van der Waals surface area contributed by atoms with E-state index in [0.717, 1.165) is 50.2 Å². The van der Waals surface area contributed by atoms with Gasteiger partial charge in [-0.15, -0.1) is 0 Å². The van der Waals surface area contributed by atoms with Crippen molar-refractivity contribution in [1.82, 2.24) is 14.5 Å². The van der Waals surface area contributed by atoms with E-state index in [4.69, 9.17) is 4.98 Å². The summed E-state index contributed by atoms with van der Waals surface area (Å²) in [6, 6.07) is 39.5. The number of para-hydroxylation sites is 2. The molecule has 45 heavy (non-hydrogen) atoms. The number of hydrogen-bond donors (Lipinski definition) is 0. The number of aryl methyl sites for hydroxylation is 1. The summed E-state index contributed by atoms with van der Waals surface area (Å²) in [5.74, 6) is 0. The summed E-state index contributed by atoms with van der Waals surface area (Å²) in [5, 5.41) is 2.32. The number of nitrogens with zero attached hydrogens (tertiary/aromatic N) is 4. The van der Waals surface area contributed by atoms with E-state index in [0.29, 0.717) is 5.69 Å². The van der Waals surface area contributed by atoms with Crippen LogP contribution < -0.4 is 4.90 Å². The van der Waals surface area contributed by atoms with E-state index < -0.39 is 9.84 Å². The van der Waals surface area contributed by atoms with Crippen molar-refractivity contribution in [2.75, 3.05) is 4.90 Å². The highest BCUT2D eigenvalue weighted by Gasteiger charge is 2.38. The van der Waals surface area contributed by atoms with Crippen molar-refractivity contribution < 1.29 is 8.42 Å². The number of benzene rings is 4. The van der Waals surface area contributed by atoms with Gasteiger partial charge in [-0.1, -0.05) is 68.4 Å². The van der Waals surface area contributed by atoms with Crippen molar-refractivity contribution in [3.05, 3.63) is 144 Å². The van der Waals surface area contributed by atoms with Crippen LogP contribution in [0.25, 0.3) is 27.6 Å². The van der Waals surface area contributed by atoms with Crippen molar-refractivity contribution in [2.45, 2.75) is 36.1 Å². The number of fused-ring (bicyclic) bond motifs is 5. The molecule has 0 saturated heterocycles. The molecule has 0 saturated carbocycles. The van der Waals surface area contributed by atoms with Crippen LogP contribution in [0.5, 0.6) is 0 Å². The Morgan fingerprint density at radius 3 is 2.18 bits per heavy atom. The van der Waals surface area contributed by atoms with Gasteiger partial charge in [0.05, 0.1) is 33.2 Å². The first kappa shape index (κ1) is 27.3.